The van der Waals surface area contributed by atoms with Crippen LogP contribution < -0.4 is 9.47 Å². The summed E-state index contributed by atoms with van der Waals surface area (Å²) in [5, 5.41) is 9.48. The molecule has 0 aromatic heterocycles. The molecule has 2 rings (SSSR count). The number of para-hydroxylation sites is 2. The molecule has 0 bridgehead atoms. The van der Waals surface area contributed by atoms with Gasteiger partial charge in [0, 0.05) is 5.02 Å². The van der Waals surface area contributed by atoms with Crippen molar-refractivity contribution in [2.75, 3.05) is 6.61 Å². The second kappa shape index (κ2) is 6.50. The van der Waals surface area contributed by atoms with Crippen LogP contribution in [0.1, 0.15) is 0 Å². The van der Waals surface area contributed by atoms with Gasteiger partial charge in [0.25, 0.3) is 0 Å². The molecule has 0 radical (unpaired) electrons. The summed E-state index contributed by atoms with van der Waals surface area (Å²) in [4.78, 5) is 10.5. The van der Waals surface area contributed by atoms with Crippen LogP contribution in [0.5, 0.6) is 17.2 Å². The number of ether oxygens (including phenoxy) is 2. The number of rotatable bonds is 5. The Bertz CT molecular complexity index is 628. The molecular formula is C14H10Cl2O4. The number of carboxylic acids is 1. The molecule has 0 atom stereocenters. The van der Waals surface area contributed by atoms with E-state index in [0.29, 0.717) is 27.3 Å². The Balaban J connectivity index is 2.22. The van der Waals surface area contributed by atoms with Crippen molar-refractivity contribution in [2.45, 2.75) is 0 Å². The molecular weight excluding hydrogens is 303 g/mol. The summed E-state index contributed by atoms with van der Waals surface area (Å²) in [6.07, 6.45) is 0. The van der Waals surface area contributed by atoms with E-state index in [-0.39, 0.29) is 0 Å². The normalized spacial score (nSPS) is 10.1. The minimum Gasteiger partial charge on any atom is -0.479 e. The number of carbonyl (C=O) groups is 1. The number of hydrogen-bond acceptors (Lipinski definition) is 3. The first-order chi connectivity index (χ1) is 9.56. The van der Waals surface area contributed by atoms with Gasteiger partial charge in [0.1, 0.15) is 5.75 Å². The van der Waals surface area contributed by atoms with Gasteiger partial charge in [-0.2, -0.15) is 0 Å². The molecule has 104 valence electrons. The largest absolute Gasteiger partial charge is 0.479 e. The minimum absolute atomic E-state index is 0.320. The molecule has 0 saturated heterocycles. The lowest BCUT2D eigenvalue weighted by Crippen LogP contribution is -2.09. The predicted octanol–water partition coefficient (Wildman–Crippen LogP) is 4.25. The molecule has 6 heteroatoms. The maximum Gasteiger partial charge on any atom is 0.341 e. The van der Waals surface area contributed by atoms with E-state index in [4.69, 9.17) is 37.8 Å². The van der Waals surface area contributed by atoms with Gasteiger partial charge in [0.2, 0.25) is 0 Å². The SMILES string of the molecule is O=C(O)COc1ccccc1Oc1ccc(Cl)cc1Cl. The molecule has 0 heterocycles. The van der Waals surface area contributed by atoms with Crippen LogP contribution in [0.2, 0.25) is 10.0 Å². The van der Waals surface area contributed by atoms with Gasteiger partial charge in [-0.05, 0) is 30.3 Å². The molecule has 20 heavy (non-hydrogen) atoms. The fourth-order valence-corrected chi connectivity index (χ4v) is 1.92. The molecule has 2 aromatic rings. The van der Waals surface area contributed by atoms with Gasteiger partial charge in [-0.15, -0.1) is 0 Å². The molecule has 0 fully saturated rings. The summed E-state index contributed by atoms with van der Waals surface area (Å²) >= 11 is 11.8. The van der Waals surface area contributed by atoms with E-state index in [1.165, 1.54) is 0 Å². The zero-order valence-electron chi connectivity index (χ0n) is 10.2. The number of benzene rings is 2. The molecule has 0 unspecified atom stereocenters. The number of aliphatic carboxylic acids is 1. The topological polar surface area (TPSA) is 55.8 Å². The second-order valence-electron chi connectivity index (χ2n) is 3.81. The summed E-state index contributed by atoms with van der Waals surface area (Å²) < 4.78 is 10.8. The van der Waals surface area contributed by atoms with E-state index in [1.807, 2.05) is 0 Å². The Morgan fingerprint density at radius 2 is 1.75 bits per heavy atom. The summed E-state index contributed by atoms with van der Waals surface area (Å²) in [6, 6.07) is 11.5. The van der Waals surface area contributed by atoms with Crippen LogP contribution in [0.25, 0.3) is 0 Å². The van der Waals surface area contributed by atoms with Crippen LogP contribution in [0.15, 0.2) is 42.5 Å². The first-order valence-corrected chi connectivity index (χ1v) is 6.38. The standard InChI is InChI=1S/C14H10Cl2O4/c15-9-5-6-11(10(16)7-9)20-13-4-2-1-3-12(13)19-8-14(17)18/h1-7H,8H2,(H,17,18). The highest BCUT2D eigenvalue weighted by molar-refractivity contribution is 6.35. The third kappa shape index (κ3) is 3.79. The van der Waals surface area contributed by atoms with E-state index in [9.17, 15) is 4.79 Å². The highest BCUT2D eigenvalue weighted by Crippen LogP contribution is 2.35. The quantitative estimate of drug-likeness (QED) is 0.896. The first-order valence-electron chi connectivity index (χ1n) is 5.63. The Kier molecular flexibility index (Phi) is 4.71. The van der Waals surface area contributed by atoms with Gasteiger partial charge in [-0.3, -0.25) is 0 Å². The zero-order chi connectivity index (χ0) is 14.5. The van der Waals surface area contributed by atoms with Crippen LogP contribution in [0.4, 0.5) is 0 Å². The molecule has 0 aliphatic carbocycles. The average molecular weight is 313 g/mol. The Hall–Kier alpha value is -1.91. The highest BCUT2D eigenvalue weighted by atomic mass is 35.5. The fraction of sp³-hybridized carbons (Fsp3) is 0.0714. The molecule has 2 aromatic carbocycles. The first kappa shape index (κ1) is 14.5. The maximum atomic E-state index is 10.5. The van der Waals surface area contributed by atoms with Gasteiger partial charge >= 0.3 is 5.97 Å². The second-order valence-corrected chi connectivity index (χ2v) is 4.65. The third-order valence-electron chi connectivity index (χ3n) is 2.31. The summed E-state index contributed by atoms with van der Waals surface area (Å²) in [6.45, 7) is -0.450. The zero-order valence-corrected chi connectivity index (χ0v) is 11.7. The summed E-state index contributed by atoms with van der Waals surface area (Å²) in [5.41, 5.74) is 0. The van der Waals surface area contributed by atoms with Crippen molar-refractivity contribution in [3.05, 3.63) is 52.5 Å². The van der Waals surface area contributed by atoms with Crippen LogP contribution >= 0.6 is 23.2 Å². The van der Waals surface area contributed by atoms with Crippen LogP contribution in [0.3, 0.4) is 0 Å². The van der Waals surface area contributed by atoms with Crippen molar-refractivity contribution >= 4 is 29.2 Å². The third-order valence-corrected chi connectivity index (χ3v) is 2.84. The van der Waals surface area contributed by atoms with Crippen molar-refractivity contribution in [2.24, 2.45) is 0 Å². The highest BCUT2D eigenvalue weighted by Gasteiger charge is 2.10. The lowest BCUT2D eigenvalue weighted by atomic mass is 10.3. The van der Waals surface area contributed by atoms with E-state index in [0.717, 1.165) is 0 Å². The molecule has 1 N–H and O–H groups in total. The van der Waals surface area contributed by atoms with E-state index in [1.54, 1.807) is 42.5 Å². The Labute approximate surface area is 125 Å². The van der Waals surface area contributed by atoms with Crippen molar-refractivity contribution in [1.82, 2.24) is 0 Å². The molecule has 0 aliphatic rings. The number of halogens is 2. The van der Waals surface area contributed by atoms with Crippen molar-refractivity contribution in [3.63, 3.8) is 0 Å². The van der Waals surface area contributed by atoms with Gasteiger partial charge in [-0.25, -0.2) is 4.79 Å². The maximum absolute atomic E-state index is 10.5. The van der Waals surface area contributed by atoms with Gasteiger partial charge < -0.3 is 14.6 Å². The van der Waals surface area contributed by atoms with Crippen molar-refractivity contribution in [3.8, 4) is 17.2 Å². The number of hydrogen-bond donors (Lipinski definition) is 1. The van der Waals surface area contributed by atoms with E-state index >= 15 is 0 Å². The van der Waals surface area contributed by atoms with Crippen LogP contribution in [-0.2, 0) is 4.79 Å². The average Bonchev–Trinajstić information content (AvgIpc) is 2.41. The Morgan fingerprint density at radius 1 is 1.05 bits per heavy atom. The summed E-state index contributed by atoms with van der Waals surface area (Å²) in [7, 11) is 0. The molecule has 4 nitrogen and oxygen atoms in total. The smallest absolute Gasteiger partial charge is 0.341 e. The van der Waals surface area contributed by atoms with Crippen LogP contribution in [-0.4, -0.2) is 17.7 Å². The molecule has 0 aliphatic heterocycles. The number of carboxylic acid groups (broad SMARTS) is 1. The van der Waals surface area contributed by atoms with Crippen LogP contribution in [0, 0.1) is 0 Å². The van der Waals surface area contributed by atoms with Gasteiger partial charge in [0.15, 0.2) is 18.1 Å². The predicted molar refractivity (Wildman–Crippen MR) is 76.1 cm³/mol. The molecule has 0 spiro atoms. The minimum atomic E-state index is -1.07. The monoisotopic (exact) mass is 312 g/mol. The van der Waals surface area contributed by atoms with E-state index in [2.05, 4.69) is 0 Å². The lowest BCUT2D eigenvalue weighted by molar-refractivity contribution is -0.139. The summed E-state index contributed by atoms with van der Waals surface area (Å²) in [5.74, 6) is 0.0330. The van der Waals surface area contributed by atoms with Crippen molar-refractivity contribution < 1.29 is 19.4 Å². The van der Waals surface area contributed by atoms with Gasteiger partial charge in [0.05, 0.1) is 5.02 Å². The lowest BCUT2D eigenvalue weighted by Gasteiger charge is -2.12. The molecule has 0 saturated carbocycles. The van der Waals surface area contributed by atoms with E-state index < -0.39 is 12.6 Å². The van der Waals surface area contributed by atoms with Crippen molar-refractivity contribution in [1.29, 1.82) is 0 Å². The Morgan fingerprint density at radius 3 is 2.40 bits per heavy atom. The van der Waals surface area contributed by atoms with Gasteiger partial charge in [-0.1, -0.05) is 35.3 Å². The molecule has 0 amide bonds. The fourth-order valence-electron chi connectivity index (χ4n) is 1.47.